The molecule has 0 radical (unpaired) electrons. The summed E-state index contributed by atoms with van der Waals surface area (Å²) in [6, 6.07) is 4.91. The number of allylic oxidation sites excluding steroid dienone is 2. The largest absolute Gasteiger partial charge is 0.522 e. The molecule has 0 aliphatic carbocycles. The van der Waals surface area contributed by atoms with Gasteiger partial charge in [0.25, 0.3) is 0 Å². The zero-order chi connectivity index (χ0) is 11.8. The van der Waals surface area contributed by atoms with Gasteiger partial charge in [-0.1, -0.05) is 18.7 Å². The van der Waals surface area contributed by atoms with Gasteiger partial charge < -0.3 is 9.47 Å². The van der Waals surface area contributed by atoms with E-state index in [1.807, 2.05) is 0 Å². The lowest BCUT2D eigenvalue weighted by Gasteiger charge is -2.03. The van der Waals surface area contributed by atoms with Crippen LogP contribution in [-0.4, -0.2) is 17.9 Å². The van der Waals surface area contributed by atoms with Crippen LogP contribution in [0.25, 0.3) is 0 Å². The summed E-state index contributed by atoms with van der Waals surface area (Å²) in [6.45, 7) is 6.66. The first-order valence-electron chi connectivity index (χ1n) is 4.36. The van der Waals surface area contributed by atoms with Gasteiger partial charge in [0.2, 0.25) is 11.8 Å². The van der Waals surface area contributed by atoms with Crippen LogP contribution in [0.15, 0.2) is 54.0 Å². The van der Waals surface area contributed by atoms with E-state index in [0.29, 0.717) is 0 Å². The summed E-state index contributed by atoms with van der Waals surface area (Å²) in [5.41, 5.74) is 0. The molecule has 5 nitrogen and oxygen atoms in total. The average Bonchev–Trinajstić information content (AvgIpc) is 2.29. The zero-order valence-corrected chi connectivity index (χ0v) is 8.50. The summed E-state index contributed by atoms with van der Waals surface area (Å²) in [7, 11) is 0. The monoisotopic (exact) mass is 218 g/mol. The predicted molar refractivity (Wildman–Crippen MR) is 59.2 cm³/mol. The highest BCUT2D eigenvalue weighted by molar-refractivity contribution is 5.64. The molecule has 1 heterocycles. The van der Waals surface area contributed by atoms with Crippen LogP contribution in [-0.2, 0) is 4.74 Å². The summed E-state index contributed by atoms with van der Waals surface area (Å²) in [5, 5.41) is 0. The lowest BCUT2D eigenvalue weighted by Crippen LogP contribution is -2.10. The standard InChI is InChI=1S/C11H10N2O3/c1-3-6-9(12-2)15-11(14)16-10-7-4-5-8-13-10/h3-8H,1-2H2/b9-6+. The first-order chi connectivity index (χ1) is 7.76. The molecular weight excluding hydrogens is 208 g/mol. The van der Waals surface area contributed by atoms with Crippen molar-refractivity contribution in [3.8, 4) is 5.88 Å². The van der Waals surface area contributed by atoms with Crippen molar-refractivity contribution in [1.29, 1.82) is 0 Å². The van der Waals surface area contributed by atoms with Crippen molar-refractivity contribution < 1.29 is 14.3 Å². The van der Waals surface area contributed by atoms with E-state index in [1.165, 1.54) is 24.4 Å². The number of carbonyl (C=O) groups excluding carboxylic acids is 1. The molecule has 0 spiro atoms. The van der Waals surface area contributed by atoms with E-state index in [4.69, 9.17) is 9.47 Å². The van der Waals surface area contributed by atoms with E-state index < -0.39 is 6.16 Å². The molecule has 16 heavy (non-hydrogen) atoms. The maximum atomic E-state index is 11.2. The zero-order valence-electron chi connectivity index (χ0n) is 8.50. The quantitative estimate of drug-likeness (QED) is 0.337. The van der Waals surface area contributed by atoms with Crippen molar-refractivity contribution in [3.63, 3.8) is 0 Å². The number of rotatable bonds is 4. The first kappa shape index (κ1) is 11.6. The number of ether oxygens (including phenoxy) is 2. The normalized spacial score (nSPS) is 10.4. The predicted octanol–water partition coefficient (Wildman–Crippen LogP) is 2.33. The molecule has 0 unspecified atom stereocenters. The summed E-state index contributed by atoms with van der Waals surface area (Å²) in [4.78, 5) is 18.5. The number of aromatic nitrogens is 1. The van der Waals surface area contributed by atoms with E-state index in [1.54, 1.807) is 12.1 Å². The second kappa shape index (κ2) is 6.13. The fraction of sp³-hybridized carbons (Fsp3) is 0. The van der Waals surface area contributed by atoms with Gasteiger partial charge in [0, 0.05) is 18.3 Å². The first-order valence-corrected chi connectivity index (χ1v) is 4.36. The van der Waals surface area contributed by atoms with Crippen LogP contribution in [0.4, 0.5) is 4.79 Å². The molecule has 0 saturated heterocycles. The van der Waals surface area contributed by atoms with E-state index in [0.717, 1.165) is 0 Å². The van der Waals surface area contributed by atoms with Gasteiger partial charge in [0.1, 0.15) is 0 Å². The Morgan fingerprint density at radius 1 is 1.50 bits per heavy atom. The van der Waals surface area contributed by atoms with Gasteiger partial charge in [0.05, 0.1) is 0 Å². The summed E-state index contributed by atoms with van der Waals surface area (Å²) < 4.78 is 9.46. The van der Waals surface area contributed by atoms with Crippen molar-refractivity contribution >= 4 is 12.9 Å². The minimum atomic E-state index is -0.931. The number of hydrogen-bond acceptors (Lipinski definition) is 5. The third-order valence-corrected chi connectivity index (χ3v) is 1.43. The third kappa shape index (κ3) is 3.75. The summed E-state index contributed by atoms with van der Waals surface area (Å²) >= 11 is 0. The molecule has 0 aromatic carbocycles. The third-order valence-electron chi connectivity index (χ3n) is 1.43. The number of nitrogens with zero attached hydrogens (tertiary/aromatic N) is 2. The molecule has 0 aliphatic rings. The maximum absolute atomic E-state index is 11.2. The van der Waals surface area contributed by atoms with E-state index >= 15 is 0 Å². The lowest BCUT2D eigenvalue weighted by atomic mass is 10.5. The Balaban J connectivity index is 2.57. The molecule has 0 fully saturated rings. The minimum absolute atomic E-state index is 0.0101. The van der Waals surface area contributed by atoms with Gasteiger partial charge in [0.15, 0.2) is 0 Å². The topological polar surface area (TPSA) is 60.8 Å². The van der Waals surface area contributed by atoms with Crippen LogP contribution in [0.3, 0.4) is 0 Å². The Kier molecular flexibility index (Phi) is 4.46. The van der Waals surface area contributed by atoms with E-state index in [-0.39, 0.29) is 11.8 Å². The molecular formula is C11H10N2O3. The summed E-state index contributed by atoms with van der Waals surface area (Å²) in [6.07, 6.45) is 3.36. The molecule has 0 aliphatic heterocycles. The molecule has 1 rings (SSSR count). The van der Waals surface area contributed by atoms with Gasteiger partial charge in [-0.05, 0) is 12.8 Å². The van der Waals surface area contributed by atoms with Crippen LogP contribution >= 0.6 is 0 Å². The highest BCUT2D eigenvalue weighted by Gasteiger charge is 2.08. The molecule has 0 atom stereocenters. The minimum Gasteiger partial charge on any atom is -0.376 e. The van der Waals surface area contributed by atoms with Gasteiger partial charge in [-0.15, -0.1) is 0 Å². The van der Waals surface area contributed by atoms with Crippen molar-refractivity contribution in [2.45, 2.75) is 0 Å². The number of carbonyl (C=O) groups is 1. The molecule has 5 heteroatoms. The van der Waals surface area contributed by atoms with Gasteiger partial charge >= 0.3 is 6.16 Å². The molecule has 0 amide bonds. The second-order valence-electron chi connectivity index (χ2n) is 2.52. The van der Waals surface area contributed by atoms with Crippen molar-refractivity contribution in [1.82, 2.24) is 4.98 Å². The summed E-state index contributed by atoms with van der Waals surface area (Å²) in [5.74, 6) is 0.158. The molecule has 0 N–H and O–H groups in total. The van der Waals surface area contributed by atoms with Gasteiger partial charge in [-0.2, -0.15) is 0 Å². The second-order valence-corrected chi connectivity index (χ2v) is 2.52. The fourth-order valence-corrected chi connectivity index (χ4v) is 0.819. The van der Waals surface area contributed by atoms with E-state index in [9.17, 15) is 4.79 Å². The molecule has 0 bridgehead atoms. The Hall–Kier alpha value is -2.43. The van der Waals surface area contributed by atoms with Gasteiger partial charge in [-0.3, -0.25) is 0 Å². The molecule has 0 saturated carbocycles. The highest BCUT2D eigenvalue weighted by Crippen LogP contribution is 2.07. The fourth-order valence-electron chi connectivity index (χ4n) is 0.819. The van der Waals surface area contributed by atoms with Gasteiger partial charge in [-0.25, -0.2) is 14.8 Å². The highest BCUT2D eigenvalue weighted by atomic mass is 16.7. The van der Waals surface area contributed by atoms with Crippen LogP contribution < -0.4 is 4.74 Å². The Morgan fingerprint density at radius 2 is 2.31 bits per heavy atom. The van der Waals surface area contributed by atoms with Crippen LogP contribution in [0.1, 0.15) is 0 Å². The Labute approximate surface area is 92.7 Å². The molecule has 1 aromatic rings. The average molecular weight is 218 g/mol. The molecule has 1 aromatic heterocycles. The van der Waals surface area contributed by atoms with Crippen LogP contribution in [0.5, 0.6) is 5.88 Å². The van der Waals surface area contributed by atoms with Crippen molar-refractivity contribution in [2.24, 2.45) is 4.99 Å². The lowest BCUT2D eigenvalue weighted by molar-refractivity contribution is 0.124. The Morgan fingerprint density at radius 3 is 2.88 bits per heavy atom. The van der Waals surface area contributed by atoms with E-state index in [2.05, 4.69) is 23.3 Å². The maximum Gasteiger partial charge on any atom is 0.522 e. The smallest absolute Gasteiger partial charge is 0.376 e. The van der Waals surface area contributed by atoms with Crippen LogP contribution in [0, 0.1) is 0 Å². The number of hydrogen-bond donors (Lipinski definition) is 0. The SMILES string of the molecule is C=C/C=C(\N=C)OC(=O)Oc1ccccn1. The van der Waals surface area contributed by atoms with Crippen LogP contribution in [0.2, 0.25) is 0 Å². The van der Waals surface area contributed by atoms with Crippen molar-refractivity contribution in [3.05, 3.63) is 49.0 Å². The molecule has 82 valence electrons. The number of aliphatic imine (C=N–C) groups is 1. The Bertz CT molecular complexity index is 412. The van der Waals surface area contributed by atoms with Crippen molar-refractivity contribution in [2.75, 3.05) is 0 Å². The number of pyridine rings is 1.